The van der Waals surface area contributed by atoms with Crippen molar-refractivity contribution in [1.82, 2.24) is 25.2 Å². The van der Waals surface area contributed by atoms with Crippen LogP contribution in [-0.4, -0.2) is 25.2 Å². The molecule has 25 heavy (non-hydrogen) atoms. The molecule has 2 heterocycles. The molecule has 0 atom stereocenters. The van der Waals surface area contributed by atoms with Crippen LogP contribution in [0.5, 0.6) is 0 Å². The number of hydrogen-bond acceptors (Lipinski definition) is 5. The zero-order valence-electron chi connectivity index (χ0n) is 12.8. The van der Waals surface area contributed by atoms with Crippen LogP contribution >= 0.6 is 27.5 Å². The Balaban J connectivity index is 1.52. The van der Waals surface area contributed by atoms with Crippen molar-refractivity contribution in [2.24, 2.45) is 0 Å². The average molecular weight is 417 g/mol. The summed E-state index contributed by atoms with van der Waals surface area (Å²) in [4.78, 5) is 5.72. The van der Waals surface area contributed by atoms with Crippen LogP contribution in [0.2, 0.25) is 5.02 Å². The molecule has 4 rings (SSSR count). The van der Waals surface area contributed by atoms with E-state index in [-0.39, 0.29) is 0 Å². The van der Waals surface area contributed by atoms with Gasteiger partial charge in [0.05, 0.1) is 6.20 Å². The van der Waals surface area contributed by atoms with Gasteiger partial charge in [-0.3, -0.25) is 0 Å². The van der Waals surface area contributed by atoms with Crippen LogP contribution in [0.4, 0.5) is 0 Å². The molecule has 0 amide bonds. The highest BCUT2D eigenvalue weighted by Crippen LogP contribution is 2.23. The Kier molecular flexibility index (Phi) is 4.33. The molecule has 0 unspecified atom stereocenters. The molecule has 0 saturated heterocycles. The van der Waals surface area contributed by atoms with Gasteiger partial charge in [-0.2, -0.15) is 4.80 Å². The van der Waals surface area contributed by atoms with Crippen molar-refractivity contribution in [2.45, 2.75) is 6.54 Å². The van der Waals surface area contributed by atoms with Gasteiger partial charge in [-0.15, -0.1) is 10.2 Å². The summed E-state index contributed by atoms with van der Waals surface area (Å²) in [5, 5.41) is 13.1. The van der Waals surface area contributed by atoms with Crippen molar-refractivity contribution in [3.8, 4) is 22.7 Å². The molecule has 2 aromatic heterocycles. The number of halogens is 2. The van der Waals surface area contributed by atoms with E-state index in [1.54, 1.807) is 6.20 Å². The molecular formula is C17H11BrClN5O. The van der Waals surface area contributed by atoms with Gasteiger partial charge in [-0.25, -0.2) is 4.98 Å². The molecule has 0 saturated carbocycles. The minimum atomic E-state index is 0.296. The standard InChI is InChI=1S/C17H11BrClN5O/c18-13-6-4-11(5-7-13)17-21-23-24(22-17)10-16-20-9-15(25-16)12-2-1-3-14(19)8-12/h1-9H,10H2. The van der Waals surface area contributed by atoms with E-state index >= 15 is 0 Å². The fourth-order valence-electron chi connectivity index (χ4n) is 2.30. The van der Waals surface area contributed by atoms with Crippen LogP contribution in [0.3, 0.4) is 0 Å². The van der Waals surface area contributed by atoms with Gasteiger partial charge in [-0.05, 0) is 41.6 Å². The number of rotatable bonds is 4. The zero-order valence-corrected chi connectivity index (χ0v) is 15.1. The number of hydrogen-bond donors (Lipinski definition) is 0. The first-order valence-corrected chi connectivity index (χ1v) is 8.59. The van der Waals surface area contributed by atoms with Gasteiger partial charge in [0.1, 0.15) is 6.54 Å². The van der Waals surface area contributed by atoms with Gasteiger partial charge in [0.2, 0.25) is 11.7 Å². The molecule has 0 fully saturated rings. The summed E-state index contributed by atoms with van der Waals surface area (Å²) < 4.78 is 6.75. The molecule has 4 aromatic rings. The summed E-state index contributed by atoms with van der Waals surface area (Å²) in [6.45, 7) is 0.296. The maximum absolute atomic E-state index is 6.00. The zero-order chi connectivity index (χ0) is 17.2. The fourth-order valence-corrected chi connectivity index (χ4v) is 2.76. The van der Waals surface area contributed by atoms with Gasteiger partial charge in [0.25, 0.3) is 0 Å². The van der Waals surface area contributed by atoms with Gasteiger partial charge >= 0.3 is 0 Å². The quantitative estimate of drug-likeness (QED) is 0.491. The Morgan fingerprint density at radius 3 is 2.72 bits per heavy atom. The van der Waals surface area contributed by atoms with E-state index in [4.69, 9.17) is 16.0 Å². The van der Waals surface area contributed by atoms with Gasteiger partial charge in [-0.1, -0.05) is 39.7 Å². The predicted molar refractivity (Wildman–Crippen MR) is 97.0 cm³/mol. The number of tetrazole rings is 1. The maximum Gasteiger partial charge on any atom is 0.218 e. The Morgan fingerprint density at radius 1 is 1.08 bits per heavy atom. The average Bonchev–Trinajstić information content (AvgIpc) is 3.26. The summed E-state index contributed by atoms with van der Waals surface area (Å²) in [5.41, 5.74) is 1.76. The van der Waals surface area contributed by atoms with E-state index in [2.05, 4.69) is 36.3 Å². The monoisotopic (exact) mass is 415 g/mol. The van der Waals surface area contributed by atoms with Gasteiger partial charge < -0.3 is 4.42 Å². The normalized spacial score (nSPS) is 11.0. The molecule has 0 spiro atoms. The minimum Gasteiger partial charge on any atom is -0.439 e. The highest BCUT2D eigenvalue weighted by atomic mass is 79.9. The highest BCUT2D eigenvalue weighted by molar-refractivity contribution is 9.10. The van der Waals surface area contributed by atoms with Crippen molar-refractivity contribution in [1.29, 1.82) is 0 Å². The smallest absolute Gasteiger partial charge is 0.218 e. The second kappa shape index (κ2) is 6.78. The second-order valence-electron chi connectivity index (χ2n) is 5.28. The molecule has 0 aliphatic heterocycles. The third-order valence-electron chi connectivity index (χ3n) is 3.49. The Morgan fingerprint density at radius 2 is 1.92 bits per heavy atom. The van der Waals surface area contributed by atoms with E-state index in [0.717, 1.165) is 15.6 Å². The maximum atomic E-state index is 6.00. The molecule has 6 nitrogen and oxygen atoms in total. The molecule has 2 aromatic carbocycles. The van der Waals surface area contributed by atoms with Crippen molar-refractivity contribution in [2.75, 3.05) is 0 Å². The van der Waals surface area contributed by atoms with E-state index < -0.39 is 0 Å². The summed E-state index contributed by atoms with van der Waals surface area (Å²) in [7, 11) is 0. The first-order chi connectivity index (χ1) is 12.2. The molecular weight excluding hydrogens is 406 g/mol. The second-order valence-corrected chi connectivity index (χ2v) is 6.63. The van der Waals surface area contributed by atoms with Gasteiger partial charge in [0, 0.05) is 20.6 Å². The molecule has 0 aliphatic rings. The van der Waals surface area contributed by atoms with Crippen LogP contribution in [0.1, 0.15) is 5.89 Å². The lowest BCUT2D eigenvalue weighted by Crippen LogP contribution is -2.04. The largest absolute Gasteiger partial charge is 0.439 e. The Labute approximate surface area is 156 Å². The number of aromatic nitrogens is 5. The lowest BCUT2D eigenvalue weighted by molar-refractivity contribution is 0.446. The number of benzene rings is 2. The van der Waals surface area contributed by atoms with E-state index in [0.29, 0.717) is 29.0 Å². The molecule has 0 radical (unpaired) electrons. The van der Waals surface area contributed by atoms with E-state index in [1.807, 2.05) is 48.5 Å². The minimum absolute atomic E-state index is 0.296. The molecule has 8 heteroatoms. The summed E-state index contributed by atoms with van der Waals surface area (Å²) >= 11 is 9.41. The van der Waals surface area contributed by atoms with Crippen molar-refractivity contribution in [3.05, 3.63) is 70.1 Å². The fraction of sp³-hybridized carbons (Fsp3) is 0.0588. The van der Waals surface area contributed by atoms with Crippen LogP contribution in [0.25, 0.3) is 22.7 Å². The van der Waals surface area contributed by atoms with Crippen LogP contribution in [0, 0.1) is 0 Å². The lowest BCUT2D eigenvalue weighted by Gasteiger charge is -1.97. The topological polar surface area (TPSA) is 69.6 Å². The molecule has 0 N–H and O–H groups in total. The SMILES string of the molecule is Clc1cccc(-c2cnc(Cn3nnc(-c4ccc(Br)cc4)n3)o2)c1. The lowest BCUT2D eigenvalue weighted by atomic mass is 10.2. The van der Waals surface area contributed by atoms with Gasteiger partial charge in [0.15, 0.2) is 5.76 Å². The first-order valence-electron chi connectivity index (χ1n) is 7.42. The summed E-state index contributed by atoms with van der Waals surface area (Å²) in [6, 6.07) is 15.1. The van der Waals surface area contributed by atoms with Crippen molar-refractivity contribution < 1.29 is 4.42 Å². The number of nitrogens with zero attached hydrogens (tertiary/aromatic N) is 5. The Hall–Kier alpha value is -2.51. The van der Waals surface area contributed by atoms with Crippen LogP contribution < -0.4 is 0 Å². The molecule has 0 bridgehead atoms. The predicted octanol–water partition coefficient (Wildman–Crippen LogP) is 4.46. The van der Waals surface area contributed by atoms with Crippen molar-refractivity contribution in [3.63, 3.8) is 0 Å². The Bertz CT molecular complexity index is 1010. The number of oxazole rings is 1. The summed E-state index contributed by atoms with van der Waals surface area (Å²) in [5.74, 6) is 1.69. The third kappa shape index (κ3) is 3.62. The van der Waals surface area contributed by atoms with Crippen LogP contribution in [0.15, 0.2) is 63.6 Å². The first kappa shape index (κ1) is 16.0. The third-order valence-corrected chi connectivity index (χ3v) is 4.26. The summed E-state index contributed by atoms with van der Waals surface area (Å²) in [6.07, 6.45) is 1.66. The molecule has 0 aliphatic carbocycles. The van der Waals surface area contributed by atoms with E-state index in [1.165, 1.54) is 4.80 Å². The van der Waals surface area contributed by atoms with Crippen LogP contribution in [-0.2, 0) is 6.54 Å². The highest BCUT2D eigenvalue weighted by Gasteiger charge is 2.11. The van der Waals surface area contributed by atoms with E-state index in [9.17, 15) is 0 Å². The van der Waals surface area contributed by atoms with Crippen molar-refractivity contribution >= 4 is 27.5 Å². The molecule has 124 valence electrons.